The topological polar surface area (TPSA) is 81.2 Å². The molecule has 0 saturated heterocycles. The summed E-state index contributed by atoms with van der Waals surface area (Å²) in [4.78, 5) is 55.7. The molecule has 0 saturated carbocycles. The molecule has 8 heteroatoms. The highest BCUT2D eigenvalue weighted by Gasteiger charge is 2.43. The van der Waals surface area contributed by atoms with E-state index >= 15 is 0 Å². The lowest BCUT2D eigenvalue weighted by Gasteiger charge is -2.39. The molecule has 2 heterocycles. The third kappa shape index (κ3) is 3.95. The van der Waals surface area contributed by atoms with Crippen LogP contribution in [0.1, 0.15) is 47.0 Å². The number of amides is 4. The van der Waals surface area contributed by atoms with Gasteiger partial charge in [0.15, 0.2) is 0 Å². The fraction of sp³-hybridized carbons (Fsp3) is 0.0588. The van der Waals surface area contributed by atoms with Gasteiger partial charge in [0, 0.05) is 23.9 Å². The van der Waals surface area contributed by atoms with E-state index in [1.807, 2.05) is 30.3 Å². The number of benzene rings is 3. The van der Waals surface area contributed by atoms with Gasteiger partial charge in [-0.2, -0.15) is 10.0 Å². The Hall–Kier alpha value is -5.94. The number of nitrogens with zero attached hydrogens (tertiary/aromatic N) is 4. The zero-order valence-corrected chi connectivity index (χ0v) is 22.7. The lowest BCUT2D eigenvalue weighted by molar-refractivity contribution is 0.0100. The van der Waals surface area contributed by atoms with Crippen LogP contribution in [0, 0.1) is 0 Å². The minimum absolute atomic E-state index is 0.200. The minimum atomic E-state index is -0.584. The maximum atomic E-state index is 14.1. The monoisotopic (exact) mass is 552 g/mol. The first-order valence-electron chi connectivity index (χ1n) is 13.1. The van der Waals surface area contributed by atoms with E-state index in [9.17, 15) is 19.2 Å². The van der Waals surface area contributed by atoms with Gasteiger partial charge in [-0.3, -0.25) is 29.2 Å². The molecule has 0 unspecified atom stereocenters. The Kier molecular flexibility index (Phi) is 6.40. The first-order valence-corrected chi connectivity index (χ1v) is 13.1. The van der Waals surface area contributed by atoms with Crippen molar-refractivity contribution < 1.29 is 19.2 Å². The van der Waals surface area contributed by atoms with E-state index in [4.69, 9.17) is 0 Å². The fourth-order valence-electron chi connectivity index (χ4n) is 5.41. The average molecular weight is 553 g/mol. The summed E-state index contributed by atoms with van der Waals surface area (Å²) in [5.41, 5.74) is 8.39. The number of hydrazine groups is 2. The number of carbonyl (C=O) groups is 4. The van der Waals surface area contributed by atoms with Crippen LogP contribution in [-0.2, 0) is 6.54 Å². The first kappa shape index (κ1) is 26.3. The highest BCUT2D eigenvalue weighted by Crippen LogP contribution is 2.39. The second-order valence-corrected chi connectivity index (χ2v) is 9.71. The van der Waals surface area contributed by atoms with Crippen LogP contribution in [0.5, 0.6) is 0 Å². The standard InChI is InChI=1S/C34H24N4O4/c1-4-12-23(5-2)36(21-22-13-8-6-9-14-22)38-33(41)27-19-17-25-29-26(18-20-28(30(27)29)34(38)42)32(40)37(31(25)39)35(3)24-15-10-7-11-16-24/h4-6,8-10,12-20H,1-2,21H2,3H3/b23-12+. The van der Waals surface area contributed by atoms with E-state index in [-0.39, 0.29) is 34.2 Å². The van der Waals surface area contributed by atoms with Crippen molar-refractivity contribution in [2.24, 2.45) is 0 Å². The second-order valence-electron chi connectivity index (χ2n) is 9.71. The molecule has 0 radical (unpaired) electrons. The Labute approximate surface area is 242 Å². The van der Waals surface area contributed by atoms with Gasteiger partial charge in [0.1, 0.15) is 0 Å². The van der Waals surface area contributed by atoms with Crippen molar-refractivity contribution in [3.8, 4) is 0 Å². The summed E-state index contributed by atoms with van der Waals surface area (Å²) in [6, 6.07) is 15.6. The summed E-state index contributed by atoms with van der Waals surface area (Å²) in [6.45, 7) is 7.84. The molecule has 3 aromatic rings. The normalized spacial score (nSPS) is 15.4. The summed E-state index contributed by atoms with van der Waals surface area (Å²) >= 11 is 0. The van der Waals surface area contributed by atoms with Crippen molar-refractivity contribution in [1.29, 1.82) is 0 Å². The fourth-order valence-corrected chi connectivity index (χ4v) is 5.41. The van der Waals surface area contributed by atoms with Gasteiger partial charge in [-0.05, 0) is 54.1 Å². The Morgan fingerprint density at radius 3 is 1.81 bits per heavy atom. The van der Waals surface area contributed by atoms with Gasteiger partial charge in [-0.1, -0.05) is 61.0 Å². The molecule has 0 spiro atoms. The molecular formula is C34H24N4O4. The molecule has 4 amide bonds. The second kappa shape index (κ2) is 10.2. The van der Waals surface area contributed by atoms with Crippen LogP contribution < -0.4 is 0 Å². The van der Waals surface area contributed by atoms with Crippen LogP contribution in [-0.4, -0.2) is 50.7 Å². The number of allylic oxidation sites excluding steroid dienone is 6. The average Bonchev–Trinajstić information content (AvgIpc) is 3.02. The number of rotatable bonds is 8. The van der Waals surface area contributed by atoms with E-state index in [1.54, 1.807) is 48.5 Å². The van der Waals surface area contributed by atoms with Crippen molar-refractivity contribution in [3.63, 3.8) is 0 Å². The molecule has 0 aromatic heterocycles. The summed E-state index contributed by atoms with van der Waals surface area (Å²) in [5.74, 6) is -2.30. The van der Waals surface area contributed by atoms with Crippen LogP contribution in [0.15, 0.2) is 127 Å². The molecule has 0 fully saturated rings. The highest BCUT2D eigenvalue weighted by atomic mass is 16.2. The molecular weight excluding hydrogens is 528 g/mol. The van der Waals surface area contributed by atoms with Gasteiger partial charge < -0.3 is 0 Å². The van der Waals surface area contributed by atoms with Crippen LogP contribution in [0.4, 0.5) is 0 Å². The molecule has 8 nitrogen and oxygen atoms in total. The molecule has 0 atom stereocenters. The number of hydrogen-bond acceptors (Lipinski definition) is 6. The van der Waals surface area contributed by atoms with Crippen molar-refractivity contribution in [3.05, 3.63) is 155 Å². The van der Waals surface area contributed by atoms with E-state index in [0.29, 0.717) is 16.8 Å². The van der Waals surface area contributed by atoms with E-state index < -0.39 is 23.6 Å². The van der Waals surface area contributed by atoms with Crippen LogP contribution in [0.3, 0.4) is 0 Å². The molecule has 0 N–H and O–H groups in total. The molecule has 1 aliphatic carbocycles. The number of carbonyl (C=O) groups excluding carboxylic acids is 4. The van der Waals surface area contributed by atoms with Gasteiger partial charge in [-0.25, -0.2) is 0 Å². The minimum Gasteiger partial charge on any atom is -0.278 e. The van der Waals surface area contributed by atoms with Crippen molar-refractivity contribution in [1.82, 2.24) is 20.0 Å². The van der Waals surface area contributed by atoms with E-state index in [1.165, 1.54) is 29.3 Å². The van der Waals surface area contributed by atoms with Gasteiger partial charge in [-0.15, -0.1) is 0 Å². The number of hydrogen-bond donors (Lipinski definition) is 0. The van der Waals surface area contributed by atoms with Gasteiger partial charge in [0.2, 0.25) is 0 Å². The van der Waals surface area contributed by atoms with Gasteiger partial charge in [0.25, 0.3) is 23.6 Å². The third-order valence-electron chi connectivity index (χ3n) is 7.38. The van der Waals surface area contributed by atoms with Crippen LogP contribution in [0.2, 0.25) is 0 Å². The maximum absolute atomic E-state index is 14.1. The van der Waals surface area contributed by atoms with Crippen molar-refractivity contribution in [2.45, 2.75) is 6.54 Å². The number of imide groups is 2. The van der Waals surface area contributed by atoms with Gasteiger partial charge >= 0.3 is 0 Å². The largest absolute Gasteiger partial charge is 0.280 e. The first-order chi connectivity index (χ1) is 20.4. The zero-order valence-electron chi connectivity index (χ0n) is 22.7. The summed E-state index contributed by atoms with van der Waals surface area (Å²) in [7, 11) is 1.60. The Morgan fingerprint density at radius 1 is 0.786 bits per heavy atom. The Bertz CT molecular complexity index is 1850. The third-order valence-corrected chi connectivity index (χ3v) is 7.38. The summed E-state index contributed by atoms with van der Waals surface area (Å²) in [6.07, 6.45) is 9.72. The zero-order chi connectivity index (χ0) is 29.5. The quantitative estimate of drug-likeness (QED) is 0.214. The highest BCUT2D eigenvalue weighted by molar-refractivity contribution is 6.33. The number of likely N-dealkylation sites (N-methyl/N-ethyl adjacent to an activating group) is 1. The van der Waals surface area contributed by atoms with Gasteiger partial charge in [0.05, 0.1) is 40.2 Å². The predicted octanol–water partition coefficient (Wildman–Crippen LogP) is 5.32. The van der Waals surface area contributed by atoms with Crippen molar-refractivity contribution >= 4 is 34.4 Å². The molecule has 3 aliphatic rings. The SMILES string of the molecule is C=C/C=C(\C=C)N(Cc1ccccc1)N1C(=O)c2ccc3c4c(ccc(c24)C1=O)C(=O)N(N(C)C1=CC=C=C=C1)C3=O. The summed E-state index contributed by atoms with van der Waals surface area (Å²) < 4.78 is 0. The molecule has 6 rings (SSSR count). The maximum Gasteiger partial charge on any atom is 0.280 e. The molecule has 0 bridgehead atoms. The lowest BCUT2D eigenvalue weighted by atomic mass is 9.86. The van der Waals surface area contributed by atoms with E-state index in [2.05, 4.69) is 24.6 Å². The molecule has 204 valence electrons. The Morgan fingerprint density at radius 2 is 1.33 bits per heavy atom. The van der Waals surface area contributed by atoms with Crippen LogP contribution >= 0.6 is 0 Å². The smallest absolute Gasteiger partial charge is 0.278 e. The summed E-state index contributed by atoms with van der Waals surface area (Å²) in [5, 5.41) is 5.70. The molecule has 3 aromatic carbocycles. The molecule has 2 aliphatic heterocycles. The van der Waals surface area contributed by atoms with Crippen molar-refractivity contribution in [2.75, 3.05) is 7.05 Å². The lowest BCUT2D eigenvalue weighted by Crippen LogP contribution is -2.52. The Balaban J connectivity index is 1.47. The van der Waals surface area contributed by atoms with Crippen LogP contribution in [0.25, 0.3) is 10.8 Å². The van der Waals surface area contributed by atoms with E-state index in [0.717, 1.165) is 15.6 Å². The predicted molar refractivity (Wildman–Crippen MR) is 157 cm³/mol. The molecule has 42 heavy (non-hydrogen) atoms.